The Kier molecular flexibility index (Phi) is 5.46. The van der Waals surface area contributed by atoms with E-state index in [0.29, 0.717) is 17.9 Å². The number of nitrogens with one attached hydrogen (secondary N) is 2. The summed E-state index contributed by atoms with van der Waals surface area (Å²) in [6.07, 6.45) is 2.29. The molecular weight excluding hydrogens is 308 g/mol. The van der Waals surface area contributed by atoms with Gasteiger partial charge in [0.05, 0.1) is 0 Å². The number of aliphatic carboxylic acids is 1. The van der Waals surface area contributed by atoms with Gasteiger partial charge >= 0.3 is 12.0 Å². The maximum absolute atomic E-state index is 11.9. The molecule has 0 saturated carbocycles. The van der Waals surface area contributed by atoms with Crippen LogP contribution in [0.15, 0.2) is 29.6 Å². The summed E-state index contributed by atoms with van der Waals surface area (Å²) >= 11 is 3.18. The Hall–Kier alpha value is -1.73. The predicted octanol–water partition coefficient (Wildman–Crippen LogP) is 3.23. The fourth-order valence-electron chi connectivity index (χ4n) is 1.86. The highest BCUT2D eigenvalue weighted by Crippen LogP contribution is 2.23. The number of carbonyl (C=O) groups excluding carboxylic acids is 1. The monoisotopic (exact) mass is 324 g/mol. The van der Waals surface area contributed by atoms with Crippen LogP contribution >= 0.6 is 23.1 Å². The molecule has 1 aromatic carbocycles. The lowest BCUT2D eigenvalue weighted by Gasteiger charge is -2.14. The number of hydrogen-bond donors (Lipinski definition) is 3. The van der Waals surface area contributed by atoms with Crippen molar-refractivity contribution in [3.05, 3.63) is 29.6 Å². The van der Waals surface area contributed by atoms with Crippen molar-refractivity contribution in [1.29, 1.82) is 0 Å². The number of anilines is 1. The number of thiophene rings is 1. The molecule has 0 unspecified atom stereocenters. The van der Waals surface area contributed by atoms with Crippen LogP contribution in [0.2, 0.25) is 0 Å². The van der Waals surface area contributed by atoms with Gasteiger partial charge in [0.1, 0.15) is 6.04 Å². The molecule has 0 bridgehead atoms. The van der Waals surface area contributed by atoms with E-state index in [1.54, 1.807) is 29.2 Å². The summed E-state index contributed by atoms with van der Waals surface area (Å²) in [4.78, 5) is 23.0. The Morgan fingerprint density at radius 2 is 2.19 bits per heavy atom. The zero-order valence-corrected chi connectivity index (χ0v) is 13.1. The Morgan fingerprint density at radius 3 is 2.90 bits per heavy atom. The van der Waals surface area contributed by atoms with Crippen LogP contribution in [0.1, 0.15) is 6.42 Å². The molecule has 1 heterocycles. The molecule has 21 heavy (non-hydrogen) atoms. The molecular formula is C14H16N2O3S2. The number of amides is 2. The van der Waals surface area contributed by atoms with Crippen molar-refractivity contribution < 1.29 is 14.7 Å². The van der Waals surface area contributed by atoms with E-state index in [0.717, 1.165) is 10.1 Å². The van der Waals surface area contributed by atoms with E-state index in [4.69, 9.17) is 5.11 Å². The zero-order chi connectivity index (χ0) is 15.2. The van der Waals surface area contributed by atoms with Gasteiger partial charge in [-0.2, -0.15) is 11.8 Å². The Balaban J connectivity index is 1.97. The fourth-order valence-corrected chi connectivity index (χ4v) is 3.11. The summed E-state index contributed by atoms with van der Waals surface area (Å²) in [5, 5.41) is 17.3. The number of carboxylic acid groups (broad SMARTS) is 1. The highest BCUT2D eigenvalue weighted by atomic mass is 32.2. The second kappa shape index (κ2) is 7.33. The van der Waals surface area contributed by atoms with E-state index in [2.05, 4.69) is 10.6 Å². The van der Waals surface area contributed by atoms with Crippen molar-refractivity contribution >= 4 is 50.9 Å². The van der Waals surface area contributed by atoms with Gasteiger partial charge in [-0.15, -0.1) is 11.3 Å². The predicted molar refractivity (Wildman–Crippen MR) is 88.4 cm³/mol. The summed E-state index contributed by atoms with van der Waals surface area (Å²) in [5.74, 6) is -0.342. The normalized spacial score (nSPS) is 12.0. The minimum Gasteiger partial charge on any atom is -0.480 e. The molecule has 2 rings (SSSR count). The molecule has 112 valence electrons. The van der Waals surface area contributed by atoms with Gasteiger partial charge in [0.2, 0.25) is 0 Å². The highest BCUT2D eigenvalue weighted by Gasteiger charge is 2.19. The van der Waals surface area contributed by atoms with Crippen LogP contribution in [0.4, 0.5) is 10.5 Å². The molecule has 5 nitrogen and oxygen atoms in total. The molecule has 2 aromatic rings. The molecule has 0 aliphatic rings. The smallest absolute Gasteiger partial charge is 0.326 e. The van der Waals surface area contributed by atoms with Crippen LogP contribution in [-0.4, -0.2) is 35.2 Å². The second-order valence-electron chi connectivity index (χ2n) is 4.44. The van der Waals surface area contributed by atoms with Gasteiger partial charge in [-0.3, -0.25) is 0 Å². The minimum absolute atomic E-state index is 0.396. The average molecular weight is 324 g/mol. The maximum atomic E-state index is 11.9. The average Bonchev–Trinajstić information content (AvgIpc) is 2.90. The first kappa shape index (κ1) is 15.7. The standard InChI is InChI=1S/C14H16N2O3S2/c1-20-6-5-11(13(17)18)16-14(19)15-10-2-3-12-9(8-10)4-7-21-12/h2-4,7-8,11H,5-6H2,1H3,(H,17,18)(H2,15,16,19)/t11-/m0/s1. The van der Waals surface area contributed by atoms with E-state index in [-0.39, 0.29) is 0 Å². The van der Waals surface area contributed by atoms with E-state index in [9.17, 15) is 9.59 Å². The van der Waals surface area contributed by atoms with Crippen LogP contribution in [0.25, 0.3) is 10.1 Å². The number of hydrogen-bond acceptors (Lipinski definition) is 4. The summed E-state index contributed by atoms with van der Waals surface area (Å²) in [5.41, 5.74) is 0.646. The first-order chi connectivity index (χ1) is 10.1. The fraction of sp³-hybridized carbons (Fsp3) is 0.286. The lowest BCUT2D eigenvalue weighted by atomic mass is 10.2. The molecule has 0 fully saturated rings. The molecule has 2 amide bonds. The molecule has 0 aliphatic heterocycles. The van der Waals surface area contributed by atoms with Crippen molar-refractivity contribution in [2.45, 2.75) is 12.5 Å². The van der Waals surface area contributed by atoms with Gasteiger partial charge in [-0.05, 0) is 53.5 Å². The number of fused-ring (bicyclic) bond motifs is 1. The lowest BCUT2D eigenvalue weighted by Crippen LogP contribution is -2.43. The van der Waals surface area contributed by atoms with Crippen LogP contribution in [0.5, 0.6) is 0 Å². The van der Waals surface area contributed by atoms with E-state index >= 15 is 0 Å². The van der Waals surface area contributed by atoms with Crippen LogP contribution < -0.4 is 10.6 Å². The van der Waals surface area contributed by atoms with Crippen molar-refractivity contribution in [3.63, 3.8) is 0 Å². The lowest BCUT2D eigenvalue weighted by molar-refractivity contribution is -0.139. The minimum atomic E-state index is -1.02. The van der Waals surface area contributed by atoms with Gasteiger partial charge in [0.15, 0.2) is 0 Å². The summed E-state index contributed by atoms with van der Waals surface area (Å²) in [6.45, 7) is 0. The largest absolute Gasteiger partial charge is 0.480 e. The van der Waals surface area contributed by atoms with Crippen LogP contribution in [0.3, 0.4) is 0 Å². The van der Waals surface area contributed by atoms with Crippen LogP contribution in [-0.2, 0) is 4.79 Å². The molecule has 0 saturated heterocycles. The Morgan fingerprint density at radius 1 is 1.38 bits per heavy atom. The van der Waals surface area contributed by atoms with Gasteiger partial charge < -0.3 is 15.7 Å². The summed E-state index contributed by atoms with van der Waals surface area (Å²) in [7, 11) is 0. The van der Waals surface area contributed by atoms with Gasteiger partial charge in [-0.1, -0.05) is 0 Å². The molecule has 7 heteroatoms. The van der Waals surface area contributed by atoms with Crippen molar-refractivity contribution in [2.75, 3.05) is 17.3 Å². The third-order valence-corrected chi connectivity index (χ3v) is 4.47. The SMILES string of the molecule is CSCC[C@H](NC(=O)Nc1ccc2sccc2c1)C(=O)O. The van der Waals surface area contributed by atoms with E-state index < -0.39 is 18.0 Å². The number of rotatable bonds is 6. The van der Waals surface area contributed by atoms with Crippen molar-refractivity contribution in [1.82, 2.24) is 5.32 Å². The maximum Gasteiger partial charge on any atom is 0.326 e. The van der Waals surface area contributed by atoms with Crippen LogP contribution in [0, 0.1) is 0 Å². The summed E-state index contributed by atoms with van der Waals surface area (Å²) in [6, 6.07) is 6.19. The van der Waals surface area contributed by atoms with E-state index in [1.165, 1.54) is 0 Å². The quantitative estimate of drug-likeness (QED) is 0.762. The second-order valence-corrected chi connectivity index (χ2v) is 6.38. The number of urea groups is 1. The number of benzene rings is 1. The first-order valence-electron chi connectivity index (χ1n) is 6.36. The van der Waals surface area contributed by atoms with Gasteiger partial charge in [0.25, 0.3) is 0 Å². The zero-order valence-electron chi connectivity index (χ0n) is 11.5. The van der Waals surface area contributed by atoms with Gasteiger partial charge in [0, 0.05) is 10.4 Å². The Labute approximate surface area is 130 Å². The van der Waals surface area contributed by atoms with Crippen molar-refractivity contribution in [2.24, 2.45) is 0 Å². The molecule has 1 atom stereocenters. The van der Waals surface area contributed by atoms with E-state index in [1.807, 2.05) is 29.8 Å². The topological polar surface area (TPSA) is 78.4 Å². The molecule has 0 aliphatic carbocycles. The number of thioether (sulfide) groups is 1. The van der Waals surface area contributed by atoms with Crippen molar-refractivity contribution in [3.8, 4) is 0 Å². The third kappa shape index (κ3) is 4.37. The molecule has 1 aromatic heterocycles. The number of carbonyl (C=O) groups is 2. The molecule has 3 N–H and O–H groups in total. The van der Waals surface area contributed by atoms with Gasteiger partial charge in [-0.25, -0.2) is 9.59 Å². The highest BCUT2D eigenvalue weighted by molar-refractivity contribution is 7.98. The Bertz CT molecular complexity index is 642. The third-order valence-electron chi connectivity index (χ3n) is 2.92. The first-order valence-corrected chi connectivity index (χ1v) is 8.64. The number of carboxylic acids is 1. The molecule has 0 radical (unpaired) electrons. The summed E-state index contributed by atoms with van der Waals surface area (Å²) < 4.78 is 1.14. The molecule has 0 spiro atoms.